The Morgan fingerprint density at radius 2 is 2.05 bits per heavy atom. The van der Waals surface area contributed by atoms with Gasteiger partial charge >= 0.3 is 0 Å². The highest BCUT2D eigenvalue weighted by atomic mass is 32.1. The monoisotopic (exact) mass is 283 g/mol. The van der Waals surface area contributed by atoms with Gasteiger partial charge in [0, 0.05) is 24.4 Å². The van der Waals surface area contributed by atoms with Crippen molar-refractivity contribution in [1.29, 1.82) is 0 Å². The van der Waals surface area contributed by atoms with Gasteiger partial charge in [0.1, 0.15) is 0 Å². The maximum atomic E-state index is 4.70. The molecule has 102 valence electrons. The van der Waals surface area contributed by atoms with Gasteiger partial charge in [-0.25, -0.2) is 4.98 Å². The van der Waals surface area contributed by atoms with Gasteiger partial charge in [-0.1, -0.05) is 18.2 Å². The van der Waals surface area contributed by atoms with Crippen LogP contribution in [0, 0.1) is 6.92 Å². The number of hydrogen-bond donors (Lipinski definition) is 1. The number of likely N-dealkylation sites (N-methyl/N-ethyl adjacent to an activating group) is 1. The van der Waals surface area contributed by atoms with Gasteiger partial charge < -0.3 is 5.32 Å². The maximum absolute atomic E-state index is 4.70. The van der Waals surface area contributed by atoms with Crippen molar-refractivity contribution < 1.29 is 0 Å². The first-order chi connectivity index (χ1) is 9.76. The summed E-state index contributed by atoms with van der Waals surface area (Å²) in [6.45, 7) is 2.01. The molecule has 1 aromatic carbocycles. The largest absolute Gasteiger partial charge is 0.313 e. The zero-order valence-corrected chi connectivity index (χ0v) is 12.4. The van der Waals surface area contributed by atoms with Crippen molar-refractivity contribution in [3.8, 4) is 0 Å². The van der Waals surface area contributed by atoms with Crippen LogP contribution in [0.25, 0.3) is 10.2 Å². The molecule has 0 spiro atoms. The van der Waals surface area contributed by atoms with Crippen molar-refractivity contribution in [1.82, 2.24) is 15.3 Å². The average Bonchev–Trinajstić information content (AvgIpc) is 2.88. The summed E-state index contributed by atoms with van der Waals surface area (Å²) in [5, 5.41) is 4.52. The molecule has 0 amide bonds. The molecular weight excluding hydrogens is 266 g/mol. The van der Waals surface area contributed by atoms with Crippen LogP contribution in [0.3, 0.4) is 0 Å². The molecule has 3 aromatic rings. The van der Waals surface area contributed by atoms with Crippen molar-refractivity contribution in [3.05, 3.63) is 58.9 Å². The minimum atomic E-state index is 0.253. The van der Waals surface area contributed by atoms with Gasteiger partial charge in [-0.2, -0.15) is 0 Å². The molecule has 4 heteroatoms. The Kier molecular flexibility index (Phi) is 3.76. The summed E-state index contributed by atoms with van der Waals surface area (Å²) in [4.78, 5) is 9.08. The van der Waals surface area contributed by atoms with Crippen LogP contribution < -0.4 is 5.32 Å². The quantitative estimate of drug-likeness (QED) is 0.796. The summed E-state index contributed by atoms with van der Waals surface area (Å²) >= 11 is 1.77. The Hall–Kier alpha value is -1.78. The molecule has 0 aliphatic heterocycles. The van der Waals surface area contributed by atoms with E-state index in [4.69, 9.17) is 4.98 Å². The predicted octanol–water partition coefficient (Wildman–Crippen LogP) is 3.50. The first kappa shape index (κ1) is 13.2. The molecule has 0 bridgehead atoms. The number of thiazole rings is 1. The summed E-state index contributed by atoms with van der Waals surface area (Å²) in [7, 11) is 1.98. The third kappa shape index (κ3) is 2.71. The van der Waals surface area contributed by atoms with Crippen LogP contribution in [0.5, 0.6) is 0 Å². The average molecular weight is 283 g/mol. The first-order valence-corrected chi connectivity index (χ1v) is 7.52. The lowest BCUT2D eigenvalue weighted by atomic mass is 10.1. The summed E-state index contributed by atoms with van der Waals surface area (Å²) in [6.07, 6.45) is 2.84. The molecular formula is C16H17N3S. The van der Waals surface area contributed by atoms with E-state index in [9.17, 15) is 0 Å². The van der Waals surface area contributed by atoms with Crippen LogP contribution in [-0.2, 0) is 6.42 Å². The van der Waals surface area contributed by atoms with E-state index in [1.807, 2.05) is 26.2 Å². The number of nitrogens with one attached hydrogen (secondary N) is 1. The molecule has 3 nitrogen and oxygen atoms in total. The Balaban J connectivity index is 1.85. The van der Waals surface area contributed by atoms with Crippen molar-refractivity contribution in [2.45, 2.75) is 19.4 Å². The molecule has 0 saturated heterocycles. The molecule has 2 aromatic heterocycles. The second-order valence-corrected chi connectivity index (χ2v) is 5.97. The van der Waals surface area contributed by atoms with Crippen molar-refractivity contribution in [3.63, 3.8) is 0 Å². The third-order valence-electron chi connectivity index (χ3n) is 3.40. The number of pyridine rings is 1. The smallest absolute Gasteiger partial charge is 0.0957 e. The fourth-order valence-electron chi connectivity index (χ4n) is 2.25. The van der Waals surface area contributed by atoms with Gasteiger partial charge in [0.2, 0.25) is 0 Å². The highest BCUT2D eigenvalue weighted by molar-refractivity contribution is 7.18. The van der Waals surface area contributed by atoms with Crippen molar-refractivity contribution in [2.24, 2.45) is 0 Å². The molecule has 2 heterocycles. The van der Waals surface area contributed by atoms with E-state index in [0.717, 1.165) is 22.6 Å². The summed E-state index contributed by atoms with van der Waals surface area (Å²) in [5.41, 5.74) is 3.34. The zero-order valence-electron chi connectivity index (χ0n) is 11.6. The number of rotatable bonds is 4. The van der Waals surface area contributed by atoms with Crippen LogP contribution in [-0.4, -0.2) is 17.0 Å². The highest BCUT2D eigenvalue weighted by Crippen LogP contribution is 2.25. The van der Waals surface area contributed by atoms with Gasteiger partial charge in [-0.3, -0.25) is 4.98 Å². The molecule has 1 N–H and O–H groups in total. The van der Waals surface area contributed by atoms with Gasteiger partial charge in [0.05, 0.1) is 15.2 Å². The number of benzene rings is 1. The maximum Gasteiger partial charge on any atom is 0.0957 e. The van der Waals surface area contributed by atoms with E-state index >= 15 is 0 Å². The fourth-order valence-corrected chi connectivity index (χ4v) is 3.27. The van der Waals surface area contributed by atoms with E-state index in [1.165, 1.54) is 10.3 Å². The Labute approximate surface area is 122 Å². The topological polar surface area (TPSA) is 37.8 Å². The molecule has 0 fully saturated rings. The minimum absolute atomic E-state index is 0.253. The lowest BCUT2D eigenvalue weighted by Gasteiger charge is -2.14. The molecule has 1 atom stereocenters. The molecule has 0 aliphatic rings. The summed E-state index contributed by atoms with van der Waals surface area (Å²) < 4.78 is 1.25. The zero-order chi connectivity index (χ0) is 13.9. The number of aryl methyl sites for hydroxylation is 1. The van der Waals surface area contributed by atoms with Crippen LogP contribution in [0.1, 0.15) is 22.3 Å². The summed E-state index contributed by atoms with van der Waals surface area (Å²) in [5.74, 6) is 0. The fraction of sp³-hybridized carbons (Fsp3) is 0.250. The van der Waals surface area contributed by atoms with Crippen LogP contribution in [0.4, 0.5) is 0 Å². The molecule has 0 saturated carbocycles. The van der Waals surface area contributed by atoms with E-state index < -0.39 is 0 Å². The summed E-state index contributed by atoms with van der Waals surface area (Å²) in [6, 6.07) is 12.7. The number of nitrogens with zero attached hydrogens (tertiary/aromatic N) is 2. The molecule has 0 aliphatic carbocycles. The number of hydrogen-bond acceptors (Lipinski definition) is 4. The lowest BCUT2D eigenvalue weighted by molar-refractivity contribution is 0.588. The van der Waals surface area contributed by atoms with Gasteiger partial charge in [-0.15, -0.1) is 11.3 Å². The van der Waals surface area contributed by atoms with Crippen LogP contribution in [0.2, 0.25) is 0 Å². The van der Waals surface area contributed by atoms with E-state index in [2.05, 4.69) is 40.6 Å². The predicted molar refractivity (Wildman–Crippen MR) is 84.1 cm³/mol. The normalized spacial score (nSPS) is 12.7. The molecule has 0 radical (unpaired) electrons. The molecule has 1 unspecified atom stereocenters. The third-order valence-corrected chi connectivity index (χ3v) is 4.46. The number of para-hydroxylation sites is 1. The minimum Gasteiger partial charge on any atom is -0.313 e. The van der Waals surface area contributed by atoms with E-state index in [1.54, 1.807) is 11.3 Å². The van der Waals surface area contributed by atoms with Gasteiger partial charge in [0.15, 0.2) is 0 Å². The van der Waals surface area contributed by atoms with Gasteiger partial charge in [0.25, 0.3) is 0 Å². The standard InChI is InChI=1S/C16H17N3S/c1-11-7-8-12(10-18-11)14(17-2)9-16-19-13-5-3-4-6-15(13)20-16/h3-8,10,14,17H,9H2,1-2H3. The second kappa shape index (κ2) is 5.69. The SMILES string of the molecule is CNC(Cc1nc2ccccc2s1)c1ccc(C)nc1. The first-order valence-electron chi connectivity index (χ1n) is 6.70. The van der Waals surface area contributed by atoms with E-state index in [0.29, 0.717) is 0 Å². The Bertz CT molecular complexity index is 670. The van der Waals surface area contributed by atoms with Gasteiger partial charge in [-0.05, 0) is 37.7 Å². The highest BCUT2D eigenvalue weighted by Gasteiger charge is 2.13. The number of aromatic nitrogens is 2. The van der Waals surface area contributed by atoms with E-state index in [-0.39, 0.29) is 6.04 Å². The Morgan fingerprint density at radius 3 is 2.75 bits per heavy atom. The molecule has 3 rings (SSSR count). The van der Waals surface area contributed by atoms with Crippen LogP contribution in [0.15, 0.2) is 42.6 Å². The van der Waals surface area contributed by atoms with Crippen molar-refractivity contribution >= 4 is 21.6 Å². The Morgan fingerprint density at radius 1 is 1.20 bits per heavy atom. The lowest BCUT2D eigenvalue weighted by Crippen LogP contribution is -2.19. The second-order valence-electron chi connectivity index (χ2n) is 4.85. The number of fused-ring (bicyclic) bond motifs is 1. The van der Waals surface area contributed by atoms with Crippen LogP contribution >= 0.6 is 11.3 Å². The molecule has 20 heavy (non-hydrogen) atoms. The van der Waals surface area contributed by atoms with Crippen molar-refractivity contribution in [2.75, 3.05) is 7.05 Å².